The first-order valence-electron chi connectivity index (χ1n) is 6.20. The molecule has 0 saturated heterocycles. The van der Waals surface area contributed by atoms with Crippen molar-refractivity contribution in [3.05, 3.63) is 38.8 Å². The van der Waals surface area contributed by atoms with Crippen molar-refractivity contribution < 1.29 is 0 Å². The van der Waals surface area contributed by atoms with Gasteiger partial charge in [0.1, 0.15) is 0 Å². The van der Waals surface area contributed by atoms with E-state index in [4.69, 9.17) is 5.73 Å². The lowest BCUT2D eigenvalue weighted by molar-refractivity contribution is 0.366. The van der Waals surface area contributed by atoms with Crippen LogP contribution >= 0.6 is 27.3 Å². The van der Waals surface area contributed by atoms with Crippen LogP contribution in [0.2, 0.25) is 0 Å². The smallest absolute Gasteiger partial charge is 0.0697 e. The molecular formula is C13H19BrN4S. The second-order valence-electron chi connectivity index (χ2n) is 4.85. The third kappa shape index (κ3) is 3.89. The zero-order valence-electron chi connectivity index (χ0n) is 11.2. The van der Waals surface area contributed by atoms with Crippen molar-refractivity contribution in [3.8, 4) is 0 Å². The molecule has 0 fully saturated rings. The number of halogens is 1. The molecule has 2 N–H and O–H groups in total. The van der Waals surface area contributed by atoms with Crippen molar-refractivity contribution in [2.24, 2.45) is 5.73 Å². The lowest BCUT2D eigenvalue weighted by atomic mass is 10.1. The van der Waals surface area contributed by atoms with Crippen LogP contribution in [0.3, 0.4) is 0 Å². The molecule has 0 amide bonds. The average Bonchev–Trinajstić information content (AvgIpc) is 2.96. The number of rotatable bonds is 6. The Morgan fingerprint density at radius 1 is 1.53 bits per heavy atom. The number of likely N-dealkylation sites (N-methyl/N-ethyl adjacent to an activating group) is 1. The SMILES string of the molecule is CN(C)CCn1ncc(Br)c1C(N)Cc1ccsc1. The van der Waals surface area contributed by atoms with Gasteiger partial charge in [0.25, 0.3) is 0 Å². The third-order valence-electron chi connectivity index (χ3n) is 2.98. The molecular weight excluding hydrogens is 324 g/mol. The lowest BCUT2D eigenvalue weighted by Crippen LogP contribution is -2.24. The van der Waals surface area contributed by atoms with E-state index >= 15 is 0 Å². The molecule has 19 heavy (non-hydrogen) atoms. The van der Waals surface area contributed by atoms with Crippen LogP contribution in [0.25, 0.3) is 0 Å². The van der Waals surface area contributed by atoms with Crippen LogP contribution in [-0.2, 0) is 13.0 Å². The normalized spacial score (nSPS) is 13.1. The molecule has 1 unspecified atom stereocenters. The molecule has 4 nitrogen and oxygen atoms in total. The number of hydrogen-bond acceptors (Lipinski definition) is 4. The Balaban J connectivity index is 2.11. The van der Waals surface area contributed by atoms with Crippen LogP contribution in [0.1, 0.15) is 17.3 Å². The fourth-order valence-electron chi connectivity index (χ4n) is 1.97. The first-order valence-corrected chi connectivity index (χ1v) is 7.94. The van der Waals surface area contributed by atoms with Gasteiger partial charge in [-0.25, -0.2) is 0 Å². The molecule has 0 aliphatic carbocycles. The van der Waals surface area contributed by atoms with E-state index in [1.807, 2.05) is 10.9 Å². The molecule has 2 aromatic heterocycles. The van der Waals surface area contributed by atoms with Gasteiger partial charge in [0.05, 0.1) is 29.0 Å². The van der Waals surface area contributed by atoms with E-state index in [1.165, 1.54) is 5.56 Å². The number of nitrogens with two attached hydrogens (primary N) is 1. The standard InChI is InChI=1S/C13H19BrN4S/c1-17(2)4-5-18-13(11(14)8-16-18)12(15)7-10-3-6-19-9-10/h3,6,8-9,12H,4-5,7,15H2,1-2H3. The second kappa shape index (κ2) is 6.65. The summed E-state index contributed by atoms with van der Waals surface area (Å²) in [5.74, 6) is 0. The van der Waals surface area contributed by atoms with Crippen molar-refractivity contribution in [2.75, 3.05) is 20.6 Å². The van der Waals surface area contributed by atoms with Gasteiger partial charge >= 0.3 is 0 Å². The maximum atomic E-state index is 6.34. The van der Waals surface area contributed by atoms with Gasteiger partial charge in [-0.2, -0.15) is 16.4 Å². The molecule has 2 aromatic rings. The minimum Gasteiger partial charge on any atom is -0.322 e. The molecule has 0 spiro atoms. The fraction of sp³-hybridized carbons (Fsp3) is 0.462. The van der Waals surface area contributed by atoms with Gasteiger partial charge < -0.3 is 10.6 Å². The second-order valence-corrected chi connectivity index (χ2v) is 6.48. The number of thiophene rings is 1. The summed E-state index contributed by atoms with van der Waals surface area (Å²) >= 11 is 5.26. The fourth-order valence-corrected chi connectivity index (χ4v) is 3.24. The topological polar surface area (TPSA) is 47.1 Å². The van der Waals surface area contributed by atoms with E-state index in [0.29, 0.717) is 0 Å². The summed E-state index contributed by atoms with van der Waals surface area (Å²) < 4.78 is 3.00. The molecule has 0 aliphatic rings. The maximum absolute atomic E-state index is 6.34. The Kier molecular flexibility index (Phi) is 5.15. The molecule has 104 valence electrons. The average molecular weight is 343 g/mol. The highest BCUT2D eigenvalue weighted by molar-refractivity contribution is 9.10. The summed E-state index contributed by atoms with van der Waals surface area (Å²) in [7, 11) is 4.12. The van der Waals surface area contributed by atoms with Gasteiger partial charge in [-0.05, 0) is 58.8 Å². The largest absolute Gasteiger partial charge is 0.322 e. The molecule has 0 aromatic carbocycles. The van der Waals surface area contributed by atoms with Gasteiger partial charge in [0.2, 0.25) is 0 Å². The highest BCUT2D eigenvalue weighted by Crippen LogP contribution is 2.25. The molecule has 2 rings (SSSR count). The summed E-state index contributed by atoms with van der Waals surface area (Å²) in [5.41, 5.74) is 8.70. The van der Waals surface area contributed by atoms with Crippen molar-refractivity contribution in [3.63, 3.8) is 0 Å². The monoisotopic (exact) mass is 342 g/mol. The summed E-state index contributed by atoms with van der Waals surface area (Å²) in [6.45, 7) is 1.80. The van der Waals surface area contributed by atoms with Crippen LogP contribution in [0.15, 0.2) is 27.5 Å². The Bertz CT molecular complexity index is 507. The van der Waals surface area contributed by atoms with Gasteiger partial charge in [-0.15, -0.1) is 0 Å². The van der Waals surface area contributed by atoms with Crippen molar-refractivity contribution >= 4 is 27.3 Å². The zero-order chi connectivity index (χ0) is 13.8. The van der Waals surface area contributed by atoms with Crippen molar-refractivity contribution in [1.82, 2.24) is 14.7 Å². The van der Waals surface area contributed by atoms with E-state index in [0.717, 1.165) is 29.7 Å². The molecule has 1 atom stereocenters. The number of nitrogens with zero attached hydrogens (tertiary/aromatic N) is 3. The molecule has 6 heteroatoms. The zero-order valence-corrected chi connectivity index (χ0v) is 13.6. The van der Waals surface area contributed by atoms with Gasteiger partial charge in [0, 0.05) is 6.54 Å². The lowest BCUT2D eigenvalue weighted by Gasteiger charge is -2.16. The van der Waals surface area contributed by atoms with Crippen LogP contribution < -0.4 is 5.73 Å². The van der Waals surface area contributed by atoms with E-state index < -0.39 is 0 Å². The van der Waals surface area contributed by atoms with Crippen LogP contribution in [-0.4, -0.2) is 35.3 Å². The highest BCUT2D eigenvalue weighted by Gasteiger charge is 2.17. The summed E-state index contributed by atoms with van der Waals surface area (Å²) in [5, 5.41) is 8.63. The van der Waals surface area contributed by atoms with Crippen LogP contribution in [0.5, 0.6) is 0 Å². The number of aromatic nitrogens is 2. The number of hydrogen-bond donors (Lipinski definition) is 1. The highest BCUT2D eigenvalue weighted by atomic mass is 79.9. The predicted molar refractivity (Wildman–Crippen MR) is 83.4 cm³/mol. The first-order chi connectivity index (χ1) is 9.08. The van der Waals surface area contributed by atoms with Crippen LogP contribution in [0.4, 0.5) is 0 Å². The first kappa shape index (κ1) is 14.7. The van der Waals surface area contributed by atoms with Crippen molar-refractivity contribution in [1.29, 1.82) is 0 Å². The predicted octanol–water partition coefficient (Wildman–Crippen LogP) is 2.51. The van der Waals surface area contributed by atoms with Gasteiger partial charge in [0.15, 0.2) is 0 Å². The Morgan fingerprint density at radius 3 is 2.95 bits per heavy atom. The summed E-state index contributed by atoms with van der Waals surface area (Å²) in [6, 6.07) is 2.09. The van der Waals surface area contributed by atoms with Crippen molar-refractivity contribution in [2.45, 2.75) is 19.0 Å². The molecule has 0 saturated carbocycles. The molecule has 0 radical (unpaired) electrons. The molecule has 2 heterocycles. The van der Waals surface area contributed by atoms with E-state index in [-0.39, 0.29) is 6.04 Å². The Labute approximate surface area is 126 Å². The minimum atomic E-state index is -0.0337. The van der Waals surface area contributed by atoms with E-state index in [2.05, 4.69) is 56.9 Å². The minimum absolute atomic E-state index is 0.0337. The molecule has 0 bridgehead atoms. The summed E-state index contributed by atoms with van der Waals surface area (Å²) in [6.07, 6.45) is 2.67. The Hall–Kier alpha value is -0.690. The Morgan fingerprint density at radius 2 is 2.32 bits per heavy atom. The van der Waals surface area contributed by atoms with Gasteiger partial charge in [-0.3, -0.25) is 4.68 Å². The quantitative estimate of drug-likeness (QED) is 0.877. The van der Waals surface area contributed by atoms with Gasteiger partial charge in [-0.1, -0.05) is 0 Å². The summed E-state index contributed by atoms with van der Waals surface area (Å²) in [4.78, 5) is 2.14. The van der Waals surface area contributed by atoms with Crippen LogP contribution in [0, 0.1) is 0 Å². The molecule has 0 aliphatic heterocycles. The van der Waals surface area contributed by atoms with E-state index in [1.54, 1.807) is 11.3 Å². The van der Waals surface area contributed by atoms with E-state index in [9.17, 15) is 0 Å². The maximum Gasteiger partial charge on any atom is 0.0697 e. The third-order valence-corrected chi connectivity index (χ3v) is 4.32.